The fourth-order valence-electron chi connectivity index (χ4n) is 7.55. The summed E-state index contributed by atoms with van der Waals surface area (Å²) in [7, 11) is 0. The molecule has 0 radical (unpaired) electrons. The summed E-state index contributed by atoms with van der Waals surface area (Å²) in [6.07, 6.45) is 67.6. The van der Waals surface area contributed by atoms with Crippen LogP contribution in [0.25, 0.3) is 0 Å². The van der Waals surface area contributed by atoms with Crippen molar-refractivity contribution in [2.75, 3.05) is 13.2 Å². The Bertz CT molecular complexity index is 1230. The molecule has 0 aromatic carbocycles. The normalized spacial score (nSPS) is 12.6. The van der Waals surface area contributed by atoms with E-state index in [2.05, 4.69) is 93.7 Å². The maximum absolute atomic E-state index is 12.8. The molecule has 0 fully saturated rings. The lowest BCUT2D eigenvalue weighted by Crippen LogP contribution is -2.30. The molecule has 1 unspecified atom stereocenters. The first kappa shape index (κ1) is 61.9. The van der Waals surface area contributed by atoms with Gasteiger partial charge in [-0.05, 0) is 103 Å². The number of ether oxygens (including phenoxy) is 3. The summed E-state index contributed by atoms with van der Waals surface area (Å²) in [5.74, 6) is -0.943. The Balaban J connectivity index is 4.34. The molecule has 374 valence electrons. The van der Waals surface area contributed by atoms with Crippen LogP contribution in [0.1, 0.15) is 265 Å². The molecule has 0 amide bonds. The van der Waals surface area contributed by atoms with Crippen LogP contribution in [0.4, 0.5) is 0 Å². The van der Waals surface area contributed by atoms with E-state index in [9.17, 15) is 14.4 Å². The Kier molecular flexibility index (Phi) is 50.9. The van der Waals surface area contributed by atoms with Gasteiger partial charge in [-0.2, -0.15) is 0 Å². The van der Waals surface area contributed by atoms with Crippen molar-refractivity contribution in [3.8, 4) is 0 Å². The second-order valence-electron chi connectivity index (χ2n) is 18.1. The molecule has 0 N–H and O–H groups in total. The van der Waals surface area contributed by atoms with Crippen molar-refractivity contribution in [2.45, 2.75) is 271 Å². The number of esters is 3. The summed E-state index contributed by atoms with van der Waals surface area (Å²) in [4.78, 5) is 38.0. The molecule has 6 heteroatoms. The smallest absolute Gasteiger partial charge is 0.306 e. The molecule has 0 spiro atoms. The predicted molar refractivity (Wildman–Crippen MR) is 279 cm³/mol. The van der Waals surface area contributed by atoms with Gasteiger partial charge in [-0.15, -0.1) is 0 Å². The van der Waals surface area contributed by atoms with Gasteiger partial charge in [-0.25, -0.2) is 0 Å². The molecule has 1 atom stereocenters. The van der Waals surface area contributed by atoms with Crippen molar-refractivity contribution in [3.05, 3.63) is 72.9 Å². The lowest BCUT2D eigenvalue weighted by atomic mass is 10.1. The Labute approximate surface area is 402 Å². The van der Waals surface area contributed by atoms with Crippen LogP contribution < -0.4 is 0 Å². The summed E-state index contributed by atoms with van der Waals surface area (Å²) in [6, 6.07) is 0. The first-order chi connectivity index (χ1) is 32.0. The summed E-state index contributed by atoms with van der Waals surface area (Å²) in [5, 5.41) is 0. The third kappa shape index (κ3) is 51.7. The van der Waals surface area contributed by atoms with Crippen LogP contribution in [-0.2, 0) is 28.6 Å². The van der Waals surface area contributed by atoms with Gasteiger partial charge >= 0.3 is 17.9 Å². The fourth-order valence-corrected chi connectivity index (χ4v) is 7.55. The van der Waals surface area contributed by atoms with Gasteiger partial charge in [-0.3, -0.25) is 14.4 Å². The number of carbonyl (C=O) groups is 3. The zero-order valence-corrected chi connectivity index (χ0v) is 42.7. The van der Waals surface area contributed by atoms with Crippen molar-refractivity contribution in [1.82, 2.24) is 0 Å². The quantitative estimate of drug-likeness (QED) is 0.0262. The van der Waals surface area contributed by atoms with E-state index in [4.69, 9.17) is 14.2 Å². The fraction of sp³-hybridized carbons (Fsp3) is 0.746. The Morgan fingerprint density at radius 3 is 1.03 bits per heavy atom. The van der Waals surface area contributed by atoms with Gasteiger partial charge in [-0.1, -0.05) is 216 Å². The third-order valence-corrected chi connectivity index (χ3v) is 11.7. The van der Waals surface area contributed by atoms with Gasteiger partial charge in [0.25, 0.3) is 0 Å². The molecule has 65 heavy (non-hydrogen) atoms. The number of hydrogen-bond donors (Lipinski definition) is 0. The molecule has 6 nitrogen and oxygen atoms in total. The Morgan fingerprint density at radius 1 is 0.323 bits per heavy atom. The third-order valence-electron chi connectivity index (χ3n) is 11.7. The van der Waals surface area contributed by atoms with Crippen LogP contribution in [0.3, 0.4) is 0 Å². The lowest BCUT2D eigenvalue weighted by molar-refractivity contribution is -0.167. The molecule has 0 aliphatic heterocycles. The van der Waals surface area contributed by atoms with Crippen LogP contribution in [0, 0.1) is 0 Å². The lowest BCUT2D eigenvalue weighted by Gasteiger charge is -2.18. The number of unbranched alkanes of at least 4 members (excludes halogenated alkanes) is 26. The van der Waals surface area contributed by atoms with Crippen LogP contribution in [0.15, 0.2) is 72.9 Å². The van der Waals surface area contributed by atoms with Gasteiger partial charge < -0.3 is 14.2 Å². The zero-order valence-electron chi connectivity index (χ0n) is 42.7. The molecule has 0 saturated heterocycles. The second-order valence-corrected chi connectivity index (χ2v) is 18.1. The molecule has 0 aliphatic carbocycles. The molecular weight excluding hydrogens is 805 g/mol. The van der Waals surface area contributed by atoms with Crippen molar-refractivity contribution in [3.63, 3.8) is 0 Å². The van der Waals surface area contributed by atoms with E-state index in [-0.39, 0.29) is 31.1 Å². The molecule has 0 bridgehead atoms. The average molecular weight is 907 g/mol. The minimum absolute atomic E-state index is 0.0930. The van der Waals surface area contributed by atoms with E-state index in [1.807, 2.05) is 0 Å². The molecule has 0 aliphatic rings. The highest BCUT2D eigenvalue weighted by Crippen LogP contribution is 2.14. The van der Waals surface area contributed by atoms with E-state index in [0.29, 0.717) is 25.7 Å². The van der Waals surface area contributed by atoms with Crippen molar-refractivity contribution < 1.29 is 28.6 Å². The van der Waals surface area contributed by atoms with E-state index in [0.717, 1.165) is 83.5 Å². The largest absolute Gasteiger partial charge is 0.462 e. The van der Waals surface area contributed by atoms with Crippen molar-refractivity contribution in [2.24, 2.45) is 0 Å². The first-order valence-corrected chi connectivity index (χ1v) is 27.4. The second kappa shape index (κ2) is 53.5. The van der Waals surface area contributed by atoms with Gasteiger partial charge in [0.2, 0.25) is 0 Å². The maximum Gasteiger partial charge on any atom is 0.306 e. The molecule has 0 saturated carbocycles. The molecule has 0 heterocycles. The van der Waals surface area contributed by atoms with E-state index >= 15 is 0 Å². The molecule has 0 aromatic heterocycles. The summed E-state index contributed by atoms with van der Waals surface area (Å²) >= 11 is 0. The average Bonchev–Trinajstić information content (AvgIpc) is 3.30. The molecule has 0 aromatic rings. The zero-order chi connectivity index (χ0) is 47.2. The number of carbonyl (C=O) groups excluding carboxylic acids is 3. The van der Waals surface area contributed by atoms with Crippen molar-refractivity contribution >= 4 is 17.9 Å². The molecule has 0 rings (SSSR count). The van der Waals surface area contributed by atoms with Crippen LogP contribution in [-0.4, -0.2) is 37.2 Å². The highest BCUT2D eigenvalue weighted by atomic mass is 16.6. The topological polar surface area (TPSA) is 78.9 Å². The Morgan fingerprint density at radius 2 is 0.615 bits per heavy atom. The van der Waals surface area contributed by atoms with Gasteiger partial charge in [0, 0.05) is 19.3 Å². The van der Waals surface area contributed by atoms with Gasteiger partial charge in [0.15, 0.2) is 6.10 Å². The first-order valence-electron chi connectivity index (χ1n) is 27.4. The summed E-state index contributed by atoms with van der Waals surface area (Å²) < 4.78 is 16.8. The summed E-state index contributed by atoms with van der Waals surface area (Å²) in [5.41, 5.74) is 0. The highest BCUT2D eigenvalue weighted by Gasteiger charge is 2.19. The van der Waals surface area contributed by atoms with Crippen LogP contribution in [0.5, 0.6) is 0 Å². The highest BCUT2D eigenvalue weighted by molar-refractivity contribution is 5.71. The van der Waals surface area contributed by atoms with Crippen LogP contribution >= 0.6 is 0 Å². The predicted octanol–water partition coefficient (Wildman–Crippen LogP) is 18.2. The number of hydrogen-bond acceptors (Lipinski definition) is 6. The SMILES string of the molecule is CC/C=C\C/C=C\C/C=C\C/C=C\CCCCCCCCC(=O)OCC(COC(=O)CCC/C=C\CCCCCC)OC(=O)CCCCCCCCC/C=C\CCCCCCCCCC. The van der Waals surface area contributed by atoms with Crippen molar-refractivity contribution in [1.29, 1.82) is 0 Å². The van der Waals surface area contributed by atoms with Gasteiger partial charge in [0.05, 0.1) is 0 Å². The number of allylic oxidation sites excluding steroid dienone is 12. The summed E-state index contributed by atoms with van der Waals surface area (Å²) in [6.45, 7) is 6.46. The van der Waals surface area contributed by atoms with Crippen LogP contribution in [0.2, 0.25) is 0 Å². The number of rotatable bonds is 49. The van der Waals surface area contributed by atoms with E-state index in [1.54, 1.807) is 0 Å². The minimum Gasteiger partial charge on any atom is -0.462 e. The monoisotopic (exact) mass is 907 g/mol. The van der Waals surface area contributed by atoms with Gasteiger partial charge in [0.1, 0.15) is 13.2 Å². The maximum atomic E-state index is 12.8. The Hall–Kier alpha value is -3.15. The molecular formula is C59H102O6. The standard InChI is InChI=1S/C59H102O6/c1-4-7-10-13-16-19-21-23-25-27-29-31-33-35-37-40-43-46-49-52-58(61)64-55-56(54-63-57(60)51-48-45-42-39-18-15-12-9-6-3)65-59(62)53-50-47-44-41-38-36-34-32-30-28-26-24-22-20-17-14-11-8-5-2/h7,10,16,19,23,25,28-31,39,42,56H,4-6,8-9,11-15,17-18,20-22,24,26-27,32-38,40-41,43-55H2,1-3H3/b10-7-,19-16-,25-23-,30-28-,31-29-,42-39-. The minimum atomic E-state index is -0.794. The van der Waals surface area contributed by atoms with E-state index in [1.165, 1.54) is 135 Å². The van der Waals surface area contributed by atoms with E-state index < -0.39 is 6.10 Å².